The zero-order valence-electron chi connectivity index (χ0n) is 23.2. The van der Waals surface area contributed by atoms with Gasteiger partial charge in [-0.3, -0.25) is 4.90 Å². The molecule has 0 saturated heterocycles. The number of rotatable bonds is 8. The molecule has 40 heavy (non-hydrogen) atoms. The molecule has 3 rings (SSSR count). The van der Waals surface area contributed by atoms with Crippen LogP contribution in [0.2, 0.25) is 0 Å². The fraction of sp³-hybridized carbons (Fsp3) is 0.536. The topological polar surface area (TPSA) is 51.2 Å². The number of methoxy groups -OCH3 is 3. The van der Waals surface area contributed by atoms with Crippen molar-refractivity contribution in [2.45, 2.75) is 64.6 Å². The maximum atomic E-state index is 13.5. The second-order valence-corrected chi connectivity index (χ2v) is 10.0. The summed E-state index contributed by atoms with van der Waals surface area (Å²) in [6.45, 7) is 6.27. The third kappa shape index (κ3) is 6.69. The molecule has 3 atom stereocenters. The number of hydrogen-bond donors (Lipinski definition) is 0. The molecule has 222 valence electrons. The van der Waals surface area contributed by atoms with Gasteiger partial charge in [-0.15, -0.1) is 0 Å². The normalized spacial score (nSPS) is 18.1. The van der Waals surface area contributed by atoms with Crippen molar-refractivity contribution in [3.63, 3.8) is 0 Å². The minimum absolute atomic E-state index is 0.0634. The Balaban J connectivity index is 2.18. The summed E-state index contributed by atoms with van der Waals surface area (Å²) in [6.07, 6.45) is -9.66. The number of nitrogens with zero attached hydrogens (tertiary/aromatic N) is 2. The molecule has 1 amide bonds. The lowest BCUT2D eigenvalue weighted by Crippen LogP contribution is -2.46. The molecule has 6 nitrogen and oxygen atoms in total. The van der Waals surface area contributed by atoms with Gasteiger partial charge in [0.05, 0.1) is 38.5 Å². The van der Waals surface area contributed by atoms with E-state index in [0.29, 0.717) is 48.1 Å². The molecule has 0 bridgehead atoms. The number of anilines is 1. The lowest BCUT2D eigenvalue weighted by Gasteiger charge is -2.45. The van der Waals surface area contributed by atoms with Gasteiger partial charge in [0.15, 0.2) is 11.5 Å². The number of carbonyl (C=O) groups is 1. The van der Waals surface area contributed by atoms with Gasteiger partial charge in [0.1, 0.15) is 0 Å². The predicted molar refractivity (Wildman–Crippen MR) is 138 cm³/mol. The molecule has 12 heteroatoms. The van der Waals surface area contributed by atoms with E-state index in [2.05, 4.69) is 18.7 Å². The molecule has 1 aliphatic rings. The Hall–Kier alpha value is -3.31. The van der Waals surface area contributed by atoms with Crippen LogP contribution in [-0.4, -0.2) is 44.9 Å². The molecule has 0 aliphatic carbocycles. The highest BCUT2D eigenvalue weighted by Gasteiger charge is 2.40. The van der Waals surface area contributed by atoms with E-state index >= 15 is 0 Å². The van der Waals surface area contributed by atoms with Gasteiger partial charge in [-0.25, -0.2) is 4.79 Å². The molecule has 1 unspecified atom stereocenters. The molecule has 0 N–H and O–H groups in total. The summed E-state index contributed by atoms with van der Waals surface area (Å²) < 4.78 is 97.1. The van der Waals surface area contributed by atoms with Gasteiger partial charge < -0.3 is 19.1 Å². The van der Waals surface area contributed by atoms with Crippen LogP contribution in [0.4, 0.5) is 36.8 Å². The summed E-state index contributed by atoms with van der Waals surface area (Å²) >= 11 is 0. The quantitative estimate of drug-likeness (QED) is 0.302. The first-order chi connectivity index (χ1) is 18.6. The van der Waals surface area contributed by atoms with E-state index in [1.54, 1.807) is 12.1 Å². The van der Waals surface area contributed by atoms with Gasteiger partial charge in [0.2, 0.25) is 0 Å². The lowest BCUT2D eigenvalue weighted by molar-refractivity contribution is -0.143. The summed E-state index contributed by atoms with van der Waals surface area (Å²) in [5.41, 5.74) is -1.89. The lowest BCUT2D eigenvalue weighted by atomic mass is 9.88. The fourth-order valence-electron chi connectivity index (χ4n) is 4.98. The minimum Gasteiger partial charge on any atom is -0.493 e. The first kappa shape index (κ1) is 31.2. The summed E-state index contributed by atoms with van der Waals surface area (Å²) in [5, 5.41) is 0. The molecule has 0 radical (unpaired) electrons. The van der Waals surface area contributed by atoms with E-state index in [1.807, 2.05) is 6.92 Å². The van der Waals surface area contributed by atoms with Gasteiger partial charge >= 0.3 is 18.4 Å². The van der Waals surface area contributed by atoms with Crippen molar-refractivity contribution in [3.05, 3.63) is 52.6 Å². The van der Waals surface area contributed by atoms with Crippen molar-refractivity contribution in [3.8, 4) is 11.5 Å². The smallest absolute Gasteiger partial charge is 0.416 e. The Bertz CT molecular complexity index is 1170. The molecule has 0 spiro atoms. The average Bonchev–Trinajstić information content (AvgIpc) is 2.90. The van der Waals surface area contributed by atoms with E-state index in [0.717, 1.165) is 24.1 Å². The molecule has 0 fully saturated rings. The second-order valence-electron chi connectivity index (χ2n) is 10.0. The van der Waals surface area contributed by atoms with E-state index in [1.165, 1.54) is 14.2 Å². The Morgan fingerprint density at radius 1 is 0.975 bits per heavy atom. The predicted octanol–water partition coefficient (Wildman–Crippen LogP) is 7.70. The molecule has 2 aromatic rings. The number of alkyl halides is 6. The van der Waals surface area contributed by atoms with Crippen LogP contribution in [-0.2, 0) is 23.6 Å². The van der Waals surface area contributed by atoms with Crippen LogP contribution in [0.1, 0.15) is 61.9 Å². The van der Waals surface area contributed by atoms with Crippen molar-refractivity contribution >= 4 is 11.8 Å². The fourth-order valence-corrected chi connectivity index (χ4v) is 4.98. The van der Waals surface area contributed by atoms with Gasteiger partial charge in [-0.1, -0.05) is 20.3 Å². The van der Waals surface area contributed by atoms with Gasteiger partial charge in [-0.05, 0) is 49.1 Å². The standard InChI is InChI=1S/C28H34F6N2O4/c1-7-16(2)14-35-17(3)8-22(21-12-24(38-4)25(39-5)13-23(21)35)36(26(37)40-6)15-18-9-19(27(29,30)31)11-20(10-18)28(32,33)34/h9-13,16-17,22H,7-8,14-15H2,1-6H3/t16?,17-,22+/m1/s1. The van der Waals surface area contributed by atoms with Gasteiger partial charge in [0, 0.05) is 36.4 Å². The van der Waals surface area contributed by atoms with Crippen LogP contribution in [0.5, 0.6) is 11.5 Å². The van der Waals surface area contributed by atoms with Crippen molar-refractivity contribution in [1.29, 1.82) is 0 Å². The maximum Gasteiger partial charge on any atom is 0.416 e. The molecular weight excluding hydrogens is 542 g/mol. The van der Waals surface area contributed by atoms with Crippen LogP contribution < -0.4 is 14.4 Å². The zero-order chi connectivity index (χ0) is 30.0. The van der Waals surface area contributed by atoms with Crippen molar-refractivity contribution in [1.82, 2.24) is 4.90 Å². The Morgan fingerprint density at radius 2 is 1.52 bits per heavy atom. The third-order valence-electron chi connectivity index (χ3n) is 7.29. The van der Waals surface area contributed by atoms with Crippen LogP contribution in [0.15, 0.2) is 30.3 Å². The highest BCUT2D eigenvalue weighted by atomic mass is 19.4. The summed E-state index contributed by atoms with van der Waals surface area (Å²) in [4.78, 5) is 16.4. The minimum atomic E-state index is -5.02. The largest absolute Gasteiger partial charge is 0.493 e. The number of fused-ring (bicyclic) bond motifs is 1. The van der Waals surface area contributed by atoms with Crippen molar-refractivity contribution < 1.29 is 45.3 Å². The van der Waals surface area contributed by atoms with Crippen LogP contribution in [0.3, 0.4) is 0 Å². The maximum absolute atomic E-state index is 13.5. The van der Waals surface area contributed by atoms with E-state index in [9.17, 15) is 31.1 Å². The van der Waals surface area contributed by atoms with E-state index in [4.69, 9.17) is 14.2 Å². The monoisotopic (exact) mass is 576 g/mol. The van der Waals surface area contributed by atoms with E-state index in [-0.39, 0.29) is 17.7 Å². The van der Waals surface area contributed by atoms with E-state index < -0.39 is 42.2 Å². The zero-order valence-corrected chi connectivity index (χ0v) is 23.2. The molecular formula is C28H34F6N2O4. The number of hydrogen-bond acceptors (Lipinski definition) is 5. The van der Waals surface area contributed by atoms with Crippen LogP contribution >= 0.6 is 0 Å². The summed E-state index contributed by atoms with van der Waals surface area (Å²) in [6, 6.07) is 3.91. The molecule has 2 aromatic carbocycles. The number of halogens is 6. The van der Waals surface area contributed by atoms with Crippen molar-refractivity contribution in [2.75, 3.05) is 32.8 Å². The Morgan fingerprint density at radius 3 is 2.00 bits per heavy atom. The third-order valence-corrected chi connectivity index (χ3v) is 7.29. The molecule has 1 aliphatic heterocycles. The van der Waals surface area contributed by atoms with Gasteiger partial charge in [0.25, 0.3) is 0 Å². The van der Waals surface area contributed by atoms with Crippen LogP contribution in [0.25, 0.3) is 0 Å². The number of carbonyl (C=O) groups excluding carboxylic acids is 1. The summed E-state index contributed by atoms with van der Waals surface area (Å²) in [7, 11) is 4.04. The first-order valence-corrected chi connectivity index (χ1v) is 12.8. The SMILES string of the molecule is CCC(C)CN1c2cc(OC)c(OC)cc2[C@@H](N(Cc2cc(C(F)(F)F)cc(C(F)(F)F)c2)C(=O)OC)C[C@H]1C. The second kappa shape index (κ2) is 12.1. The molecule has 1 heterocycles. The first-order valence-electron chi connectivity index (χ1n) is 12.8. The Labute approximate surface area is 229 Å². The number of ether oxygens (including phenoxy) is 3. The highest BCUT2D eigenvalue weighted by molar-refractivity contribution is 5.71. The van der Waals surface area contributed by atoms with Crippen LogP contribution in [0, 0.1) is 5.92 Å². The molecule has 0 saturated carbocycles. The van der Waals surface area contributed by atoms with Gasteiger partial charge in [-0.2, -0.15) is 26.3 Å². The van der Waals surface area contributed by atoms with Crippen molar-refractivity contribution in [2.24, 2.45) is 5.92 Å². The summed E-state index contributed by atoms with van der Waals surface area (Å²) in [5.74, 6) is 1.13. The Kier molecular flexibility index (Phi) is 9.41. The molecule has 0 aromatic heterocycles. The number of benzene rings is 2. The highest BCUT2D eigenvalue weighted by Crippen LogP contribution is 2.47. The number of amides is 1. The average molecular weight is 577 g/mol.